The molecule has 5 heteroatoms. The van der Waals surface area contributed by atoms with Crippen LogP contribution < -0.4 is 15.8 Å². The van der Waals surface area contributed by atoms with Crippen LogP contribution in [0.3, 0.4) is 0 Å². The molecule has 1 aromatic rings. The minimum Gasteiger partial charge on any atom is -0.371 e. The van der Waals surface area contributed by atoms with Crippen molar-refractivity contribution in [3.8, 4) is 0 Å². The molecule has 0 spiro atoms. The topological polar surface area (TPSA) is 50.2 Å². The number of hydrogen-bond acceptors (Lipinski definition) is 4. The SMILES string of the molecule is CCN(CC)c1cnn(CC(NC)C2CCCC2)c(=O)c1. The van der Waals surface area contributed by atoms with E-state index in [0.717, 1.165) is 18.8 Å². The predicted octanol–water partition coefficient (Wildman–Crippen LogP) is 1.87. The van der Waals surface area contributed by atoms with Gasteiger partial charge in [-0.2, -0.15) is 5.10 Å². The molecule has 1 fully saturated rings. The summed E-state index contributed by atoms with van der Waals surface area (Å²) in [5.74, 6) is 0.672. The first kappa shape index (κ1) is 16.0. The van der Waals surface area contributed by atoms with Crippen molar-refractivity contribution in [3.05, 3.63) is 22.6 Å². The van der Waals surface area contributed by atoms with Gasteiger partial charge in [0.05, 0.1) is 18.4 Å². The summed E-state index contributed by atoms with van der Waals surface area (Å²) in [6.45, 7) is 6.63. The van der Waals surface area contributed by atoms with Crippen LogP contribution in [0.4, 0.5) is 5.69 Å². The molecule has 0 bridgehead atoms. The minimum absolute atomic E-state index is 0.00218. The van der Waals surface area contributed by atoms with E-state index >= 15 is 0 Å². The summed E-state index contributed by atoms with van der Waals surface area (Å²) in [5, 5.41) is 7.75. The molecule has 5 nitrogen and oxygen atoms in total. The second kappa shape index (κ2) is 7.59. The van der Waals surface area contributed by atoms with Gasteiger partial charge in [-0.05, 0) is 39.7 Å². The molecule has 1 heterocycles. The van der Waals surface area contributed by atoms with Gasteiger partial charge < -0.3 is 10.2 Å². The van der Waals surface area contributed by atoms with Gasteiger partial charge in [0, 0.05) is 25.2 Å². The first-order valence-corrected chi connectivity index (χ1v) is 8.19. The van der Waals surface area contributed by atoms with Crippen molar-refractivity contribution in [2.45, 2.75) is 52.1 Å². The van der Waals surface area contributed by atoms with Crippen molar-refractivity contribution in [2.75, 3.05) is 25.0 Å². The fraction of sp³-hybridized carbons (Fsp3) is 0.750. The number of aromatic nitrogens is 2. The van der Waals surface area contributed by atoms with Crippen LogP contribution >= 0.6 is 0 Å². The van der Waals surface area contributed by atoms with Crippen molar-refractivity contribution in [1.82, 2.24) is 15.1 Å². The lowest BCUT2D eigenvalue weighted by Gasteiger charge is -2.24. The predicted molar refractivity (Wildman–Crippen MR) is 86.9 cm³/mol. The lowest BCUT2D eigenvalue weighted by molar-refractivity contribution is 0.323. The maximum atomic E-state index is 12.3. The van der Waals surface area contributed by atoms with E-state index in [9.17, 15) is 4.79 Å². The Bertz CT molecular complexity index is 489. The van der Waals surface area contributed by atoms with Crippen molar-refractivity contribution in [2.24, 2.45) is 5.92 Å². The number of rotatable bonds is 7. The number of hydrogen-bond donors (Lipinski definition) is 1. The molecular formula is C16H28N4O. The Morgan fingerprint density at radius 3 is 2.57 bits per heavy atom. The van der Waals surface area contributed by atoms with E-state index in [1.807, 2.05) is 13.2 Å². The molecular weight excluding hydrogens is 264 g/mol. The fourth-order valence-electron chi connectivity index (χ4n) is 3.34. The van der Waals surface area contributed by atoms with E-state index in [-0.39, 0.29) is 5.56 Å². The van der Waals surface area contributed by atoms with Crippen LogP contribution in [0.1, 0.15) is 39.5 Å². The monoisotopic (exact) mass is 292 g/mol. The van der Waals surface area contributed by atoms with Gasteiger partial charge in [0.25, 0.3) is 5.56 Å². The number of anilines is 1. The molecule has 0 aliphatic heterocycles. The van der Waals surface area contributed by atoms with Gasteiger partial charge in [-0.1, -0.05) is 12.8 Å². The Morgan fingerprint density at radius 1 is 1.38 bits per heavy atom. The lowest BCUT2D eigenvalue weighted by atomic mass is 9.98. The Labute approximate surface area is 127 Å². The molecule has 1 aromatic heterocycles. The standard InChI is InChI=1S/C16H28N4O/c1-4-19(5-2)14-10-16(21)20(18-11-14)12-15(17-3)13-8-6-7-9-13/h10-11,13,15,17H,4-9,12H2,1-3H3. The van der Waals surface area contributed by atoms with Gasteiger partial charge in [0.15, 0.2) is 0 Å². The molecule has 2 rings (SSSR count). The highest BCUT2D eigenvalue weighted by Crippen LogP contribution is 2.28. The van der Waals surface area contributed by atoms with E-state index in [2.05, 4.69) is 29.2 Å². The van der Waals surface area contributed by atoms with Crippen molar-refractivity contribution >= 4 is 5.69 Å². The summed E-state index contributed by atoms with van der Waals surface area (Å²) in [6.07, 6.45) is 6.96. The minimum atomic E-state index is -0.00218. The maximum Gasteiger partial charge on any atom is 0.268 e. The van der Waals surface area contributed by atoms with Crippen LogP contribution in [0.25, 0.3) is 0 Å². The second-order valence-electron chi connectivity index (χ2n) is 5.85. The molecule has 1 saturated carbocycles. The highest BCUT2D eigenvalue weighted by Gasteiger charge is 2.24. The summed E-state index contributed by atoms with van der Waals surface area (Å²) in [7, 11) is 1.98. The molecule has 1 unspecified atom stereocenters. The van der Waals surface area contributed by atoms with E-state index in [1.54, 1.807) is 10.7 Å². The molecule has 1 N–H and O–H groups in total. The largest absolute Gasteiger partial charge is 0.371 e. The zero-order valence-electron chi connectivity index (χ0n) is 13.5. The zero-order valence-corrected chi connectivity index (χ0v) is 13.5. The van der Waals surface area contributed by atoms with Gasteiger partial charge in [-0.15, -0.1) is 0 Å². The van der Waals surface area contributed by atoms with Crippen LogP contribution in [0, 0.1) is 5.92 Å². The second-order valence-corrected chi connectivity index (χ2v) is 5.85. The molecule has 0 amide bonds. The first-order chi connectivity index (χ1) is 10.2. The third kappa shape index (κ3) is 3.84. The average molecular weight is 292 g/mol. The summed E-state index contributed by atoms with van der Waals surface area (Å²) < 4.78 is 1.60. The summed E-state index contributed by atoms with van der Waals surface area (Å²) in [6, 6.07) is 2.05. The quantitative estimate of drug-likeness (QED) is 0.833. The Kier molecular flexibility index (Phi) is 5.79. The van der Waals surface area contributed by atoms with Crippen LogP contribution in [-0.2, 0) is 6.54 Å². The Morgan fingerprint density at radius 2 is 2.05 bits per heavy atom. The number of nitrogens with zero attached hydrogens (tertiary/aromatic N) is 3. The molecule has 1 aliphatic rings. The number of nitrogens with one attached hydrogen (secondary N) is 1. The summed E-state index contributed by atoms with van der Waals surface area (Å²) in [5.41, 5.74) is 0.917. The third-order valence-electron chi connectivity index (χ3n) is 4.69. The van der Waals surface area contributed by atoms with Gasteiger partial charge in [0.2, 0.25) is 0 Å². The molecule has 21 heavy (non-hydrogen) atoms. The van der Waals surface area contributed by atoms with E-state index in [0.29, 0.717) is 18.5 Å². The van der Waals surface area contributed by atoms with Crippen LogP contribution in [0.15, 0.2) is 17.1 Å². The van der Waals surface area contributed by atoms with Crippen molar-refractivity contribution < 1.29 is 0 Å². The highest BCUT2D eigenvalue weighted by atomic mass is 16.1. The van der Waals surface area contributed by atoms with Crippen LogP contribution in [-0.4, -0.2) is 36.0 Å². The third-order valence-corrected chi connectivity index (χ3v) is 4.69. The first-order valence-electron chi connectivity index (χ1n) is 8.19. The van der Waals surface area contributed by atoms with Gasteiger partial charge in [-0.3, -0.25) is 4.79 Å². The van der Waals surface area contributed by atoms with Crippen LogP contribution in [0.5, 0.6) is 0 Å². The lowest BCUT2D eigenvalue weighted by Crippen LogP contribution is -2.40. The Hall–Kier alpha value is -1.36. The molecule has 1 aliphatic carbocycles. The Balaban J connectivity index is 2.11. The molecule has 0 saturated heterocycles. The smallest absolute Gasteiger partial charge is 0.268 e. The van der Waals surface area contributed by atoms with E-state index in [4.69, 9.17) is 0 Å². The highest BCUT2D eigenvalue weighted by molar-refractivity contribution is 5.42. The normalized spacial score (nSPS) is 17.1. The van der Waals surface area contributed by atoms with Gasteiger partial charge in [-0.25, -0.2) is 4.68 Å². The van der Waals surface area contributed by atoms with Gasteiger partial charge >= 0.3 is 0 Å². The van der Waals surface area contributed by atoms with Crippen molar-refractivity contribution in [1.29, 1.82) is 0 Å². The maximum absolute atomic E-state index is 12.3. The average Bonchev–Trinajstić information content (AvgIpc) is 3.02. The molecule has 1 atom stereocenters. The molecule has 118 valence electrons. The molecule has 0 aromatic carbocycles. The van der Waals surface area contributed by atoms with E-state index < -0.39 is 0 Å². The number of likely N-dealkylation sites (N-methyl/N-ethyl adjacent to an activating group) is 1. The van der Waals surface area contributed by atoms with Crippen LogP contribution in [0.2, 0.25) is 0 Å². The summed E-state index contributed by atoms with van der Waals surface area (Å²) >= 11 is 0. The molecule has 0 radical (unpaired) electrons. The zero-order chi connectivity index (χ0) is 15.2. The van der Waals surface area contributed by atoms with Gasteiger partial charge in [0.1, 0.15) is 0 Å². The summed E-state index contributed by atoms with van der Waals surface area (Å²) in [4.78, 5) is 14.4. The van der Waals surface area contributed by atoms with Crippen molar-refractivity contribution in [3.63, 3.8) is 0 Å². The fourth-order valence-corrected chi connectivity index (χ4v) is 3.34. The van der Waals surface area contributed by atoms with E-state index in [1.165, 1.54) is 25.7 Å².